The highest BCUT2D eigenvalue weighted by atomic mass is 32.2. The van der Waals surface area contributed by atoms with E-state index in [9.17, 15) is 13.2 Å². The van der Waals surface area contributed by atoms with Gasteiger partial charge in [-0.1, -0.05) is 0 Å². The molecule has 1 saturated heterocycles. The Morgan fingerprint density at radius 1 is 1.07 bits per heavy atom. The molecule has 2 aromatic rings. The number of morpholine rings is 1. The summed E-state index contributed by atoms with van der Waals surface area (Å²) in [5, 5.41) is 2.88. The Labute approximate surface area is 159 Å². The lowest BCUT2D eigenvalue weighted by atomic mass is 10.1. The summed E-state index contributed by atoms with van der Waals surface area (Å²) in [4.78, 5) is 14.9. The molecule has 2 N–H and O–H groups in total. The number of carbonyl (C=O) groups is 1. The van der Waals surface area contributed by atoms with Gasteiger partial charge in [-0.25, -0.2) is 13.1 Å². The van der Waals surface area contributed by atoms with E-state index in [-0.39, 0.29) is 10.8 Å². The molecular weight excluding hydrogens is 366 g/mol. The van der Waals surface area contributed by atoms with Crippen LogP contribution in [0.15, 0.2) is 47.4 Å². The number of anilines is 2. The van der Waals surface area contributed by atoms with Crippen molar-refractivity contribution >= 4 is 27.3 Å². The second-order valence-electron chi connectivity index (χ2n) is 6.28. The van der Waals surface area contributed by atoms with Gasteiger partial charge in [0.15, 0.2) is 0 Å². The van der Waals surface area contributed by atoms with Gasteiger partial charge in [-0.15, -0.1) is 0 Å². The Hall–Kier alpha value is -2.42. The molecule has 0 radical (unpaired) electrons. The number of sulfonamides is 1. The van der Waals surface area contributed by atoms with Crippen LogP contribution in [0.4, 0.5) is 11.4 Å². The molecule has 0 aliphatic carbocycles. The highest BCUT2D eigenvalue weighted by Gasteiger charge is 2.15. The van der Waals surface area contributed by atoms with Crippen molar-refractivity contribution in [1.29, 1.82) is 0 Å². The zero-order chi connectivity index (χ0) is 19.4. The van der Waals surface area contributed by atoms with Crippen LogP contribution in [0.5, 0.6) is 0 Å². The summed E-state index contributed by atoms with van der Waals surface area (Å²) in [6.45, 7) is 5.09. The molecule has 7 nitrogen and oxygen atoms in total. The first kappa shape index (κ1) is 19.3. The fraction of sp³-hybridized carbons (Fsp3) is 0.316. The quantitative estimate of drug-likeness (QED) is 0.817. The van der Waals surface area contributed by atoms with Crippen molar-refractivity contribution in [3.63, 3.8) is 0 Å². The number of carbonyl (C=O) groups excluding carboxylic acids is 1. The van der Waals surface area contributed by atoms with Gasteiger partial charge < -0.3 is 15.0 Å². The smallest absolute Gasteiger partial charge is 0.255 e. The first-order chi connectivity index (χ1) is 12.9. The number of hydrogen-bond acceptors (Lipinski definition) is 5. The summed E-state index contributed by atoms with van der Waals surface area (Å²) in [5.74, 6) is -0.286. The molecule has 27 heavy (non-hydrogen) atoms. The summed E-state index contributed by atoms with van der Waals surface area (Å²) < 4.78 is 31.1. The molecule has 1 amide bonds. The molecule has 0 saturated carbocycles. The van der Waals surface area contributed by atoms with Crippen LogP contribution < -0.4 is 14.9 Å². The highest BCUT2D eigenvalue weighted by Crippen LogP contribution is 2.24. The second kappa shape index (κ2) is 8.08. The lowest BCUT2D eigenvalue weighted by Crippen LogP contribution is -2.36. The fourth-order valence-corrected chi connectivity index (χ4v) is 3.63. The Balaban J connectivity index is 1.72. The van der Waals surface area contributed by atoms with Gasteiger partial charge in [0.1, 0.15) is 0 Å². The number of amides is 1. The van der Waals surface area contributed by atoms with E-state index in [4.69, 9.17) is 4.74 Å². The Morgan fingerprint density at radius 3 is 2.33 bits per heavy atom. The standard InChI is InChI=1S/C19H23N3O4S/c1-14-13-16(22-9-11-26-12-10-22)5-8-18(14)21-19(23)15-3-6-17(7-4-15)27(24,25)20-2/h3-8,13,20H,9-12H2,1-2H3,(H,21,23). The summed E-state index contributed by atoms with van der Waals surface area (Å²) in [7, 11) is -2.17. The normalized spacial score (nSPS) is 14.8. The predicted molar refractivity (Wildman–Crippen MR) is 105 cm³/mol. The van der Waals surface area contributed by atoms with Crippen molar-refractivity contribution in [2.24, 2.45) is 0 Å². The van der Waals surface area contributed by atoms with Crippen molar-refractivity contribution in [1.82, 2.24) is 4.72 Å². The number of hydrogen-bond donors (Lipinski definition) is 2. The van der Waals surface area contributed by atoms with E-state index in [1.54, 1.807) is 0 Å². The molecule has 144 valence electrons. The number of nitrogens with one attached hydrogen (secondary N) is 2. The van der Waals surface area contributed by atoms with E-state index in [1.807, 2.05) is 25.1 Å². The Kier molecular flexibility index (Phi) is 5.79. The molecule has 2 aromatic carbocycles. The minimum absolute atomic E-state index is 0.118. The van der Waals surface area contributed by atoms with Crippen LogP contribution >= 0.6 is 0 Å². The van der Waals surface area contributed by atoms with Crippen molar-refractivity contribution in [3.05, 3.63) is 53.6 Å². The average molecular weight is 389 g/mol. The summed E-state index contributed by atoms with van der Waals surface area (Å²) in [6, 6.07) is 11.7. The minimum Gasteiger partial charge on any atom is -0.378 e. The molecule has 3 rings (SSSR count). The third kappa shape index (κ3) is 4.47. The monoisotopic (exact) mass is 389 g/mol. The lowest BCUT2D eigenvalue weighted by molar-refractivity contribution is 0.102. The molecule has 1 heterocycles. The van der Waals surface area contributed by atoms with E-state index in [1.165, 1.54) is 31.3 Å². The summed E-state index contributed by atoms with van der Waals surface area (Å²) in [5.41, 5.74) is 3.18. The lowest BCUT2D eigenvalue weighted by Gasteiger charge is -2.29. The number of rotatable bonds is 5. The molecule has 0 spiro atoms. The van der Waals surface area contributed by atoms with E-state index >= 15 is 0 Å². The molecule has 0 bridgehead atoms. The molecular formula is C19H23N3O4S. The van der Waals surface area contributed by atoms with Crippen molar-refractivity contribution in [3.8, 4) is 0 Å². The molecule has 1 fully saturated rings. The maximum absolute atomic E-state index is 12.5. The highest BCUT2D eigenvalue weighted by molar-refractivity contribution is 7.89. The molecule has 0 unspecified atom stereocenters. The summed E-state index contributed by atoms with van der Waals surface area (Å²) >= 11 is 0. The SMILES string of the molecule is CNS(=O)(=O)c1ccc(C(=O)Nc2ccc(N3CCOCC3)cc2C)cc1. The van der Waals surface area contributed by atoms with E-state index in [2.05, 4.69) is 14.9 Å². The topological polar surface area (TPSA) is 87.7 Å². The van der Waals surface area contributed by atoms with Crippen molar-refractivity contribution < 1.29 is 17.9 Å². The molecule has 1 aliphatic heterocycles. The van der Waals surface area contributed by atoms with Crippen LogP contribution in [0.3, 0.4) is 0 Å². The summed E-state index contributed by atoms with van der Waals surface area (Å²) in [6.07, 6.45) is 0. The maximum atomic E-state index is 12.5. The second-order valence-corrected chi connectivity index (χ2v) is 8.17. The molecule has 0 aromatic heterocycles. The average Bonchev–Trinajstić information content (AvgIpc) is 2.70. The Morgan fingerprint density at radius 2 is 1.74 bits per heavy atom. The van der Waals surface area contributed by atoms with Crippen molar-refractivity contribution in [2.45, 2.75) is 11.8 Å². The Bertz CT molecular complexity index is 920. The van der Waals surface area contributed by atoms with Gasteiger partial charge >= 0.3 is 0 Å². The number of nitrogens with zero attached hydrogens (tertiary/aromatic N) is 1. The van der Waals surface area contributed by atoms with Gasteiger partial charge in [-0.2, -0.15) is 0 Å². The van der Waals surface area contributed by atoms with Gasteiger partial charge in [0.25, 0.3) is 5.91 Å². The van der Waals surface area contributed by atoms with E-state index < -0.39 is 10.0 Å². The predicted octanol–water partition coefficient (Wildman–Crippen LogP) is 1.99. The largest absolute Gasteiger partial charge is 0.378 e. The van der Waals surface area contributed by atoms with Crippen LogP contribution in [0.1, 0.15) is 15.9 Å². The van der Waals surface area contributed by atoms with Crippen molar-refractivity contribution in [2.75, 3.05) is 43.6 Å². The van der Waals surface area contributed by atoms with E-state index in [0.29, 0.717) is 5.56 Å². The number of aryl methyl sites for hydroxylation is 1. The number of benzene rings is 2. The number of ether oxygens (including phenoxy) is 1. The first-order valence-electron chi connectivity index (χ1n) is 8.69. The van der Waals surface area contributed by atoms with Gasteiger partial charge in [0.2, 0.25) is 10.0 Å². The zero-order valence-corrected chi connectivity index (χ0v) is 16.2. The first-order valence-corrected chi connectivity index (χ1v) is 10.2. The van der Waals surface area contributed by atoms with Crippen LogP contribution in [-0.4, -0.2) is 47.7 Å². The third-order valence-corrected chi connectivity index (χ3v) is 5.96. The van der Waals surface area contributed by atoms with Gasteiger partial charge in [-0.05, 0) is 62.0 Å². The maximum Gasteiger partial charge on any atom is 0.255 e. The van der Waals surface area contributed by atoms with Gasteiger partial charge in [0, 0.05) is 30.0 Å². The molecule has 0 atom stereocenters. The fourth-order valence-electron chi connectivity index (χ4n) is 2.90. The molecule has 8 heteroatoms. The van der Waals surface area contributed by atoms with Crippen LogP contribution in [0.2, 0.25) is 0 Å². The molecule has 1 aliphatic rings. The van der Waals surface area contributed by atoms with Crippen LogP contribution in [0.25, 0.3) is 0 Å². The third-order valence-electron chi connectivity index (χ3n) is 4.53. The van der Waals surface area contributed by atoms with Gasteiger partial charge in [-0.3, -0.25) is 4.79 Å². The van der Waals surface area contributed by atoms with E-state index in [0.717, 1.165) is 43.2 Å². The van der Waals surface area contributed by atoms with Gasteiger partial charge in [0.05, 0.1) is 18.1 Å². The zero-order valence-electron chi connectivity index (χ0n) is 15.4. The minimum atomic E-state index is -3.52. The van der Waals surface area contributed by atoms with Crippen LogP contribution in [-0.2, 0) is 14.8 Å². The van der Waals surface area contributed by atoms with Crippen LogP contribution in [0, 0.1) is 6.92 Å².